The molecule has 2 heterocycles. The van der Waals surface area contributed by atoms with Gasteiger partial charge >= 0.3 is 7.12 Å². The summed E-state index contributed by atoms with van der Waals surface area (Å²) in [5, 5.41) is 4.25. The van der Waals surface area contributed by atoms with Gasteiger partial charge < -0.3 is 18.7 Å². The molecule has 1 amide bonds. The van der Waals surface area contributed by atoms with Crippen LogP contribution in [0.4, 0.5) is 10.1 Å². The van der Waals surface area contributed by atoms with E-state index in [1.165, 1.54) is 0 Å². The first kappa shape index (κ1) is 27.6. The van der Waals surface area contributed by atoms with Crippen molar-refractivity contribution in [3.8, 4) is 0 Å². The molecular formula is C32H43BFN3O4. The molecule has 7 fully saturated rings. The molecule has 2 aromatic rings. The number of benzene rings is 1. The quantitative estimate of drug-likeness (QED) is 0.374. The Kier molecular flexibility index (Phi) is 6.30. The average Bonchev–Trinajstić information content (AvgIpc) is 3.43. The van der Waals surface area contributed by atoms with Gasteiger partial charge in [0.25, 0.3) is 0 Å². The Morgan fingerprint density at radius 2 is 1.68 bits per heavy atom. The molecule has 220 valence electrons. The van der Waals surface area contributed by atoms with Crippen LogP contribution in [0.3, 0.4) is 0 Å². The number of hydrogen-bond acceptors (Lipinski definition) is 6. The van der Waals surface area contributed by atoms with Gasteiger partial charge in [-0.3, -0.25) is 4.79 Å². The lowest BCUT2D eigenvalue weighted by Gasteiger charge is -2.66. The molecule has 6 aliphatic carbocycles. The molecule has 7 aliphatic rings. The largest absolute Gasteiger partial charge is 0.493 e. The van der Waals surface area contributed by atoms with Crippen LogP contribution < -0.4 is 10.4 Å². The maximum atomic E-state index is 14.3. The molecule has 7 nitrogen and oxygen atoms in total. The molecule has 0 atom stereocenters. The summed E-state index contributed by atoms with van der Waals surface area (Å²) in [5.74, 6) is 1.95. The third kappa shape index (κ3) is 4.85. The molecule has 1 aromatic carbocycles. The minimum atomic E-state index is -1.01. The number of aromatic nitrogens is 2. The highest BCUT2D eigenvalue weighted by Gasteiger charge is 2.69. The van der Waals surface area contributed by atoms with Crippen LogP contribution in [-0.4, -0.2) is 48.6 Å². The molecular weight excluding hydrogens is 520 g/mol. The fourth-order valence-electron chi connectivity index (χ4n) is 8.35. The molecule has 0 spiro atoms. The molecule has 1 aromatic heterocycles. The predicted molar refractivity (Wildman–Crippen MR) is 155 cm³/mol. The monoisotopic (exact) mass is 563 g/mol. The Labute approximate surface area is 243 Å². The minimum Gasteiger partial charge on any atom is -0.407 e. The fourth-order valence-corrected chi connectivity index (χ4v) is 8.35. The number of fused-ring (bicyclic) bond motifs is 3. The second-order valence-electron chi connectivity index (χ2n) is 15.4. The Hall–Kier alpha value is -2.26. The van der Waals surface area contributed by atoms with Crippen LogP contribution in [0.1, 0.15) is 110 Å². The van der Waals surface area contributed by atoms with E-state index in [1.54, 1.807) is 0 Å². The fraction of sp³-hybridized carbons (Fsp3) is 0.719. The number of rotatable bonds is 8. The SMILES string of the molecule is CC(C)c1noc(C23CCC(CN(C(=O)CC45CC(F)(C4)C5)c4cccc(B5OCC(C)(C)CO5)c4)(CC2)CC3)n1. The zero-order chi connectivity index (χ0) is 28.7. The number of anilines is 1. The Balaban J connectivity index is 1.11. The number of hydrogen-bond donors (Lipinski definition) is 0. The molecule has 9 rings (SSSR count). The Bertz CT molecular complexity index is 1290. The summed E-state index contributed by atoms with van der Waals surface area (Å²) in [7, 11) is -0.433. The molecule has 1 aliphatic heterocycles. The Morgan fingerprint density at radius 3 is 2.27 bits per heavy atom. The van der Waals surface area contributed by atoms with Gasteiger partial charge in [0.05, 0.1) is 0 Å². The molecule has 6 saturated carbocycles. The summed E-state index contributed by atoms with van der Waals surface area (Å²) in [4.78, 5) is 20.9. The molecule has 4 bridgehead atoms. The minimum absolute atomic E-state index is 0.0134. The normalized spacial score (nSPS) is 35.2. The molecule has 41 heavy (non-hydrogen) atoms. The summed E-state index contributed by atoms with van der Waals surface area (Å²) >= 11 is 0. The first-order valence-electron chi connectivity index (χ1n) is 15.6. The van der Waals surface area contributed by atoms with E-state index in [2.05, 4.69) is 38.9 Å². The Morgan fingerprint density at radius 1 is 1.02 bits per heavy atom. The predicted octanol–water partition coefficient (Wildman–Crippen LogP) is 5.87. The van der Waals surface area contributed by atoms with E-state index >= 15 is 0 Å². The lowest BCUT2D eigenvalue weighted by molar-refractivity contribution is -0.215. The highest BCUT2D eigenvalue weighted by Crippen LogP contribution is 2.71. The third-order valence-electron chi connectivity index (χ3n) is 10.9. The summed E-state index contributed by atoms with van der Waals surface area (Å²) < 4.78 is 32.3. The highest BCUT2D eigenvalue weighted by atomic mass is 19.1. The van der Waals surface area contributed by atoms with Crippen molar-refractivity contribution in [1.82, 2.24) is 10.1 Å². The van der Waals surface area contributed by atoms with E-state index < -0.39 is 12.8 Å². The van der Waals surface area contributed by atoms with E-state index in [-0.39, 0.29) is 33.5 Å². The summed E-state index contributed by atoms with van der Waals surface area (Å²) in [6.07, 6.45) is 8.12. The lowest BCUT2D eigenvalue weighted by Crippen LogP contribution is -2.65. The van der Waals surface area contributed by atoms with Crippen LogP contribution >= 0.6 is 0 Å². The van der Waals surface area contributed by atoms with Crippen molar-refractivity contribution in [2.75, 3.05) is 24.7 Å². The number of halogens is 1. The van der Waals surface area contributed by atoms with Crippen molar-refractivity contribution in [1.29, 1.82) is 0 Å². The second-order valence-corrected chi connectivity index (χ2v) is 15.4. The van der Waals surface area contributed by atoms with Gasteiger partial charge in [-0.05, 0) is 86.2 Å². The van der Waals surface area contributed by atoms with E-state index in [9.17, 15) is 9.18 Å². The summed E-state index contributed by atoms with van der Waals surface area (Å²) in [5.41, 5.74) is 0.680. The van der Waals surface area contributed by atoms with Crippen molar-refractivity contribution >= 4 is 24.2 Å². The zero-order valence-electron chi connectivity index (χ0n) is 25.0. The number of carbonyl (C=O) groups excluding carboxylic acids is 1. The zero-order valence-corrected chi connectivity index (χ0v) is 25.0. The maximum absolute atomic E-state index is 14.3. The molecule has 0 unspecified atom stereocenters. The number of alkyl halides is 1. The highest BCUT2D eigenvalue weighted by molar-refractivity contribution is 6.61. The van der Waals surface area contributed by atoms with Gasteiger partial charge in [-0.1, -0.05) is 45.0 Å². The van der Waals surface area contributed by atoms with Gasteiger partial charge in [-0.2, -0.15) is 4.98 Å². The molecule has 9 heteroatoms. The van der Waals surface area contributed by atoms with Crippen molar-refractivity contribution in [2.45, 2.75) is 109 Å². The van der Waals surface area contributed by atoms with Gasteiger partial charge in [0, 0.05) is 48.6 Å². The van der Waals surface area contributed by atoms with Crippen LogP contribution in [-0.2, 0) is 19.5 Å². The van der Waals surface area contributed by atoms with Crippen molar-refractivity contribution in [3.63, 3.8) is 0 Å². The topological polar surface area (TPSA) is 77.7 Å². The van der Waals surface area contributed by atoms with E-state index in [0.29, 0.717) is 45.4 Å². The van der Waals surface area contributed by atoms with Crippen LogP contribution in [0.25, 0.3) is 0 Å². The van der Waals surface area contributed by atoms with Gasteiger partial charge in [-0.25, -0.2) is 4.39 Å². The lowest BCUT2D eigenvalue weighted by atomic mass is 9.41. The average molecular weight is 564 g/mol. The van der Waals surface area contributed by atoms with Crippen LogP contribution in [0.15, 0.2) is 28.8 Å². The molecule has 0 N–H and O–H groups in total. The number of carbonyl (C=O) groups is 1. The van der Waals surface area contributed by atoms with Crippen molar-refractivity contribution < 1.29 is 23.0 Å². The first-order valence-corrected chi connectivity index (χ1v) is 15.6. The van der Waals surface area contributed by atoms with Gasteiger partial charge in [0.15, 0.2) is 5.82 Å². The second kappa shape index (κ2) is 9.37. The van der Waals surface area contributed by atoms with Crippen LogP contribution in [0.2, 0.25) is 0 Å². The van der Waals surface area contributed by atoms with Crippen molar-refractivity contribution in [2.24, 2.45) is 16.2 Å². The van der Waals surface area contributed by atoms with Crippen molar-refractivity contribution in [3.05, 3.63) is 36.0 Å². The standard InChI is InChI=1S/C32H43BFN3O4/c1-22(2)26-35-27(41-36-26)31-11-8-29(9-12-31,10-13-31)19-37(25(38)15-30-16-32(34,17-30)18-30)24-7-5-6-23(14-24)33-39-20-28(3,4)21-40-33/h5-7,14,22H,8-13,15-21H2,1-4H3. The van der Waals surface area contributed by atoms with E-state index in [0.717, 1.165) is 61.4 Å². The van der Waals surface area contributed by atoms with E-state index in [1.807, 2.05) is 23.1 Å². The number of amides is 1. The van der Waals surface area contributed by atoms with Crippen LogP contribution in [0.5, 0.6) is 0 Å². The van der Waals surface area contributed by atoms with Gasteiger partial charge in [0.1, 0.15) is 5.67 Å². The smallest absolute Gasteiger partial charge is 0.407 e. The summed E-state index contributed by atoms with van der Waals surface area (Å²) in [6, 6.07) is 8.12. The maximum Gasteiger partial charge on any atom is 0.493 e. The van der Waals surface area contributed by atoms with E-state index in [4.69, 9.17) is 18.8 Å². The summed E-state index contributed by atoms with van der Waals surface area (Å²) in [6.45, 7) is 10.4. The first-order chi connectivity index (χ1) is 19.4. The van der Waals surface area contributed by atoms with Gasteiger partial charge in [0.2, 0.25) is 11.8 Å². The van der Waals surface area contributed by atoms with Crippen LogP contribution in [0, 0.1) is 16.2 Å². The number of nitrogens with zero attached hydrogens (tertiary/aromatic N) is 3. The third-order valence-corrected chi connectivity index (χ3v) is 10.9. The molecule has 0 radical (unpaired) electrons. The molecule has 1 saturated heterocycles. The van der Waals surface area contributed by atoms with Gasteiger partial charge in [-0.15, -0.1) is 0 Å².